The Balaban J connectivity index is 2.69. The molecule has 0 unspecified atom stereocenters. The molecule has 1 atom stereocenters. The minimum absolute atomic E-state index is 0.212. The van der Waals surface area contributed by atoms with Crippen molar-refractivity contribution in [1.29, 1.82) is 0 Å². The number of nitrogens with one attached hydrogen (secondary N) is 1. The van der Waals surface area contributed by atoms with Gasteiger partial charge in [-0.25, -0.2) is 9.59 Å². The number of hydrogen-bond donors (Lipinski definition) is 2. The van der Waals surface area contributed by atoms with Crippen LogP contribution in [-0.2, 0) is 16.0 Å². The summed E-state index contributed by atoms with van der Waals surface area (Å²) in [5, 5.41) is 11.6. The number of carbonyl (C=O) groups excluding carboxylic acids is 1. The summed E-state index contributed by atoms with van der Waals surface area (Å²) >= 11 is 1.61. The first-order valence-corrected chi connectivity index (χ1v) is 7.79. The van der Waals surface area contributed by atoms with E-state index in [2.05, 4.69) is 5.32 Å². The van der Waals surface area contributed by atoms with E-state index in [1.807, 2.05) is 30.5 Å². The predicted molar refractivity (Wildman–Crippen MR) is 82.7 cm³/mol. The van der Waals surface area contributed by atoms with Crippen molar-refractivity contribution in [2.75, 3.05) is 6.26 Å². The molecule has 6 heteroatoms. The van der Waals surface area contributed by atoms with Gasteiger partial charge >= 0.3 is 12.1 Å². The number of rotatable bonds is 5. The highest BCUT2D eigenvalue weighted by Gasteiger charge is 2.24. The summed E-state index contributed by atoms with van der Waals surface area (Å²) < 4.78 is 5.08. The van der Waals surface area contributed by atoms with Crippen LogP contribution in [0, 0.1) is 0 Å². The molecule has 0 radical (unpaired) electrons. The molecule has 0 aromatic heterocycles. The average Bonchev–Trinajstić information content (AvgIpc) is 2.36. The summed E-state index contributed by atoms with van der Waals surface area (Å²) in [4.78, 5) is 24.0. The highest BCUT2D eigenvalue weighted by Crippen LogP contribution is 2.16. The summed E-state index contributed by atoms with van der Waals surface area (Å²) in [6, 6.07) is 6.55. The smallest absolute Gasteiger partial charge is 0.408 e. The topological polar surface area (TPSA) is 75.6 Å². The molecule has 1 aromatic carbocycles. The average molecular weight is 311 g/mol. The Hall–Kier alpha value is -1.69. The molecule has 21 heavy (non-hydrogen) atoms. The number of hydrogen-bond acceptors (Lipinski definition) is 4. The van der Waals surface area contributed by atoms with Crippen molar-refractivity contribution >= 4 is 23.8 Å². The van der Waals surface area contributed by atoms with Crippen LogP contribution in [0.15, 0.2) is 29.2 Å². The Kier molecular flexibility index (Phi) is 6.08. The van der Waals surface area contributed by atoms with Crippen LogP contribution in [0.4, 0.5) is 4.79 Å². The van der Waals surface area contributed by atoms with Crippen LogP contribution < -0.4 is 5.32 Å². The maximum Gasteiger partial charge on any atom is 0.408 e. The van der Waals surface area contributed by atoms with Crippen LogP contribution in [0.1, 0.15) is 26.3 Å². The molecule has 0 saturated heterocycles. The molecule has 0 aliphatic rings. The number of alkyl carbamates (subject to hydrolysis) is 1. The fraction of sp³-hybridized carbons (Fsp3) is 0.467. The zero-order valence-corrected chi connectivity index (χ0v) is 13.5. The second-order valence-electron chi connectivity index (χ2n) is 5.59. The number of ether oxygens (including phenoxy) is 1. The number of carbonyl (C=O) groups is 2. The lowest BCUT2D eigenvalue weighted by molar-refractivity contribution is -0.139. The lowest BCUT2D eigenvalue weighted by Gasteiger charge is -2.22. The van der Waals surface area contributed by atoms with Crippen LogP contribution in [0.5, 0.6) is 0 Å². The molecule has 1 aromatic rings. The molecule has 0 bridgehead atoms. The van der Waals surface area contributed by atoms with Crippen molar-refractivity contribution in [3.63, 3.8) is 0 Å². The highest BCUT2D eigenvalue weighted by molar-refractivity contribution is 7.98. The summed E-state index contributed by atoms with van der Waals surface area (Å²) in [5.41, 5.74) is 0.184. The van der Waals surface area contributed by atoms with Gasteiger partial charge in [0.05, 0.1) is 0 Å². The Labute approximate surface area is 129 Å². The second-order valence-corrected chi connectivity index (χ2v) is 6.47. The van der Waals surface area contributed by atoms with E-state index in [9.17, 15) is 14.7 Å². The number of aliphatic carboxylic acids is 1. The van der Waals surface area contributed by atoms with Crippen molar-refractivity contribution in [2.45, 2.75) is 43.7 Å². The number of carboxylic acid groups (broad SMARTS) is 1. The molecule has 0 aliphatic carbocycles. The third kappa shape index (κ3) is 6.53. The normalized spacial score (nSPS) is 12.6. The van der Waals surface area contributed by atoms with Gasteiger partial charge in [-0.1, -0.05) is 12.1 Å². The van der Waals surface area contributed by atoms with Gasteiger partial charge in [-0.2, -0.15) is 0 Å². The number of benzene rings is 1. The van der Waals surface area contributed by atoms with Gasteiger partial charge in [0.2, 0.25) is 0 Å². The van der Waals surface area contributed by atoms with Crippen LogP contribution in [0.25, 0.3) is 0 Å². The summed E-state index contributed by atoms with van der Waals surface area (Å²) in [5.74, 6) is -1.09. The molecular formula is C15H21NO4S. The third-order valence-corrected chi connectivity index (χ3v) is 3.33. The molecule has 1 rings (SSSR count). The Morgan fingerprint density at radius 3 is 2.29 bits per heavy atom. The molecule has 0 saturated carbocycles. The first-order chi connectivity index (χ1) is 9.71. The van der Waals surface area contributed by atoms with Gasteiger partial charge < -0.3 is 15.2 Å². The zero-order valence-electron chi connectivity index (χ0n) is 12.7. The van der Waals surface area contributed by atoms with Gasteiger partial charge in [0.25, 0.3) is 0 Å². The quantitative estimate of drug-likeness (QED) is 0.818. The third-order valence-electron chi connectivity index (χ3n) is 2.59. The van der Waals surface area contributed by atoms with Crippen LogP contribution >= 0.6 is 11.8 Å². The van der Waals surface area contributed by atoms with Gasteiger partial charge in [0, 0.05) is 11.3 Å². The van der Waals surface area contributed by atoms with E-state index < -0.39 is 23.7 Å². The maximum absolute atomic E-state index is 11.7. The second kappa shape index (κ2) is 7.36. The van der Waals surface area contributed by atoms with Crippen molar-refractivity contribution in [2.24, 2.45) is 0 Å². The molecule has 116 valence electrons. The number of carboxylic acids is 1. The zero-order chi connectivity index (χ0) is 16.0. The molecule has 0 heterocycles. The molecule has 1 amide bonds. The summed E-state index contributed by atoms with van der Waals surface area (Å²) in [6.45, 7) is 5.18. The minimum Gasteiger partial charge on any atom is -0.480 e. The van der Waals surface area contributed by atoms with Crippen LogP contribution in [0.3, 0.4) is 0 Å². The molecule has 0 fully saturated rings. The van der Waals surface area contributed by atoms with E-state index in [0.29, 0.717) is 0 Å². The van der Waals surface area contributed by atoms with Gasteiger partial charge in [-0.15, -0.1) is 11.8 Å². The summed E-state index contributed by atoms with van der Waals surface area (Å²) in [6.07, 6.45) is 1.46. The fourth-order valence-electron chi connectivity index (χ4n) is 1.65. The molecule has 0 aliphatic heterocycles. The lowest BCUT2D eigenvalue weighted by Crippen LogP contribution is -2.44. The lowest BCUT2D eigenvalue weighted by atomic mass is 10.1. The minimum atomic E-state index is -1.09. The van der Waals surface area contributed by atoms with Gasteiger partial charge in [0.15, 0.2) is 0 Å². The number of amides is 1. The Morgan fingerprint density at radius 1 is 1.29 bits per heavy atom. The molecular weight excluding hydrogens is 290 g/mol. The van der Waals surface area contributed by atoms with Crippen LogP contribution in [0.2, 0.25) is 0 Å². The predicted octanol–water partition coefficient (Wildman–Crippen LogP) is 2.93. The maximum atomic E-state index is 11.7. The van der Waals surface area contributed by atoms with E-state index in [1.165, 1.54) is 0 Å². The van der Waals surface area contributed by atoms with E-state index in [0.717, 1.165) is 10.5 Å². The van der Waals surface area contributed by atoms with Crippen molar-refractivity contribution in [3.8, 4) is 0 Å². The van der Waals surface area contributed by atoms with Gasteiger partial charge in [-0.3, -0.25) is 0 Å². The highest BCUT2D eigenvalue weighted by atomic mass is 32.2. The SMILES string of the molecule is CSc1ccc(C[C@@H](NC(=O)OC(C)(C)C)C(=O)O)cc1. The first-order valence-electron chi connectivity index (χ1n) is 6.56. The van der Waals surface area contributed by atoms with E-state index >= 15 is 0 Å². The van der Waals surface area contributed by atoms with E-state index in [-0.39, 0.29) is 6.42 Å². The summed E-state index contributed by atoms with van der Waals surface area (Å²) in [7, 11) is 0. The Bertz CT molecular complexity index is 493. The molecule has 0 spiro atoms. The van der Waals surface area contributed by atoms with E-state index in [4.69, 9.17) is 4.74 Å². The first kappa shape index (κ1) is 17.4. The fourth-order valence-corrected chi connectivity index (χ4v) is 2.06. The van der Waals surface area contributed by atoms with Gasteiger partial charge in [0.1, 0.15) is 11.6 Å². The van der Waals surface area contributed by atoms with Crippen LogP contribution in [-0.4, -0.2) is 35.1 Å². The van der Waals surface area contributed by atoms with Crippen molar-refractivity contribution in [3.05, 3.63) is 29.8 Å². The molecule has 2 N–H and O–H groups in total. The Morgan fingerprint density at radius 2 is 1.86 bits per heavy atom. The largest absolute Gasteiger partial charge is 0.480 e. The molecule has 5 nitrogen and oxygen atoms in total. The van der Waals surface area contributed by atoms with Gasteiger partial charge in [-0.05, 0) is 44.7 Å². The van der Waals surface area contributed by atoms with Crippen molar-refractivity contribution < 1.29 is 19.4 Å². The standard InChI is InChI=1S/C15H21NO4S/c1-15(2,3)20-14(19)16-12(13(17)18)9-10-5-7-11(21-4)8-6-10/h5-8,12H,9H2,1-4H3,(H,16,19)(H,17,18)/t12-/m1/s1. The van der Waals surface area contributed by atoms with Crippen molar-refractivity contribution in [1.82, 2.24) is 5.32 Å². The monoisotopic (exact) mass is 311 g/mol. The number of thioether (sulfide) groups is 1. The van der Waals surface area contributed by atoms with E-state index in [1.54, 1.807) is 32.5 Å².